The maximum absolute atomic E-state index is 9.82. The molecule has 0 saturated carbocycles. The fourth-order valence-electron chi connectivity index (χ4n) is 2.08. The number of unbranched alkanes of at least 4 members (excludes halogenated alkanes) is 3. The predicted molar refractivity (Wildman–Crippen MR) is 99.7 cm³/mol. The molecule has 0 spiro atoms. The highest BCUT2D eigenvalue weighted by Crippen LogP contribution is 2.28. The first-order valence-electron chi connectivity index (χ1n) is 9.19. The van der Waals surface area contributed by atoms with Crippen LogP contribution in [0.25, 0.3) is 0 Å². The molecule has 140 valence electrons. The Morgan fingerprint density at radius 3 is 1.83 bits per heavy atom. The van der Waals surface area contributed by atoms with E-state index in [4.69, 9.17) is 4.74 Å². The number of carbonyl (C=O) groups excluding carboxylic acids is 1. The minimum atomic E-state index is -0.211. The summed E-state index contributed by atoms with van der Waals surface area (Å²) >= 11 is 0. The van der Waals surface area contributed by atoms with E-state index in [0.717, 1.165) is 6.61 Å². The second-order valence-corrected chi connectivity index (χ2v) is 8.50. The van der Waals surface area contributed by atoms with Gasteiger partial charge in [-0.3, -0.25) is 4.79 Å². The van der Waals surface area contributed by atoms with E-state index in [-0.39, 0.29) is 16.8 Å². The average Bonchev–Trinajstić information content (AvgIpc) is 2.35. The van der Waals surface area contributed by atoms with Gasteiger partial charge in [-0.1, -0.05) is 74.1 Å². The first-order chi connectivity index (χ1) is 10.4. The van der Waals surface area contributed by atoms with E-state index in [0.29, 0.717) is 12.7 Å². The SMILES string of the molecule is CCCCCCC(OCC(C)(C)C)C(C)(C)C.CCOC(C)=O. The lowest BCUT2D eigenvalue weighted by Gasteiger charge is -2.33. The Labute approximate surface area is 145 Å². The smallest absolute Gasteiger partial charge is 0.302 e. The molecule has 0 aromatic carbocycles. The molecule has 0 amide bonds. The van der Waals surface area contributed by atoms with Crippen LogP contribution in [-0.2, 0) is 14.3 Å². The third-order valence-electron chi connectivity index (χ3n) is 3.35. The van der Waals surface area contributed by atoms with E-state index < -0.39 is 0 Å². The Hall–Kier alpha value is -0.570. The zero-order valence-electron chi connectivity index (χ0n) is 17.3. The van der Waals surface area contributed by atoms with Crippen molar-refractivity contribution in [3.63, 3.8) is 0 Å². The second kappa shape index (κ2) is 12.8. The van der Waals surface area contributed by atoms with Crippen LogP contribution in [0.3, 0.4) is 0 Å². The molecular weight excluding hydrogens is 288 g/mol. The van der Waals surface area contributed by atoms with Gasteiger partial charge in [-0.25, -0.2) is 0 Å². The minimum Gasteiger partial charge on any atom is -0.466 e. The minimum absolute atomic E-state index is 0.211. The van der Waals surface area contributed by atoms with Gasteiger partial charge in [0.25, 0.3) is 0 Å². The fraction of sp³-hybridized carbons (Fsp3) is 0.950. The van der Waals surface area contributed by atoms with Gasteiger partial charge in [-0.15, -0.1) is 0 Å². The molecule has 0 heterocycles. The summed E-state index contributed by atoms with van der Waals surface area (Å²) in [5, 5.41) is 0. The van der Waals surface area contributed by atoms with Crippen molar-refractivity contribution >= 4 is 5.97 Å². The first-order valence-corrected chi connectivity index (χ1v) is 9.19. The van der Waals surface area contributed by atoms with Crippen LogP contribution in [0.5, 0.6) is 0 Å². The Morgan fingerprint density at radius 1 is 0.957 bits per heavy atom. The number of carbonyl (C=O) groups is 1. The first kappa shape index (κ1) is 24.7. The van der Waals surface area contributed by atoms with Crippen LogP contribution in [-0.4, -0.2) is 25.3 Å². The van der Waals surface area contributed by atoms with Crippen LogP contribution in [0.4, 0.5) is 0 Å². The molecule has 0 rings (SSSR count). The van der Waals surface area contributed by atoms with Gasteiger partial charge in [0.05, 0.1) is 19.3 Å². The molecule has 0 fully saturated rings. The summed E-state index contributed by atoms with van der Waals surface area (Å²) in [6.07, 6.45) is 6.93. The normalized spacial score (nSPS) is 13.1. The summed E-state index contributed by atoms with van der Waals surface area (Å²) in [6, 6.07) is 0. The summed E-state index contributed by atoms with van der Waals surface area (Å²) in [6.45, 7) is 20.4. The van der Waals surface area contributed by atoms with Crippen molar-refractivity contribution in [3.05, 3.63) is 0 Å². The number of ether oxygens (including phenoxy) is 2. The maximum Gasteiger partial charge on any atom is 0.302 e. The van der Waals surface area contributed by atoms with Crippen molar-refractivity contribution in [1.82, 2.24) is 0 Å². The molecule has 0 N–H and O–H groups in total. The summed E-state index contributed by atoms with van der Waals surface area (Å²) in [4.78, 5) is 9.82. The van der Waals surface area contributed by atoms with Gasteiger partial charge in [0.2, 0.25) is 0 Å². The van der Waals surface area contributed by atoms with Crippen molar-refractivity contribution in [1.29, 1.82) is 0 Å². The zero-order chi connectivity index (χ0) is 18.5. The number of esters is 1. The second-order valence-electron chi connectivity index (χ2n) is 8.50. The van der Waals surface area contributed by atoms with E-state index >= 15 is 0 Å². The fourth-order valence-corrected chi connectivity index (χ4v) is 2.08. The zero-order valence-corrected chi connectivity index (χ0v) is 17.3. The van der Waals surface area contributed by atoms with Gasteiger partial charge in [-0.2, -0.15) is 0 Å². The van der Waals surface area contributed by atoms with Crippen molar-refractivity contribution in [3.8, 4) is 0 Å². The predicted octanol–water partition coefficient (Wildman–Crippen LogP) is 6.00. The van der Waals surface area contributed by atoms with Crippen molar-refractivity contribution in [2.24, 2.45) is 10.8 Å². The van der Waals surface area contributed by atoms with Gasteiger partial charge < -0.3 is 9.47 Å². The third kappa shape index (κ3) is 19.4. The van der Waals surface area contributed by atoms with Crippen molar-refractivity contribution < 1.29 is 14.3 Å². The summed E-state index contributed by atoms with van der Waals surface area (Å²) in [7, 11) is 0. The Balaban J connectivity index is 0. The molecule has 0 aromatic rings. The Bertz CT molecular complexity index is 284. The Morgan fingerprint density at radius 2 is 1.52 bits per heavy atom. The third-order valence-corrected chi connectivity index (χ3v) is 3.35. The van der Waals surface area contributed by atoms with Gasteiger partial charge >= 0.3 is 5.97 Å². The quantitative estimate of drug-likeness (QED) is 0.404. The van der Waals surface area contributed by atoms with E-state index in [1.165, 1.54) is 39.0 Å². The molecule has 0 radical (unpaired) electrons. The lowest BCUT2D eigenvalue weighted by molar-refractivity contribution is -0.140. The van der Waals surface area contributed by atoms with E-state index in [2.05, 4.69) is 53.2 Å². The van der Waals surface area contributed by atoms with E-state index in [1.54, 1.807) is 6.92 Å². The van der Waals surface area contributed by atoms with Gasteiger partial charge in [-0.05, 0) is 24.2 Å². The van der Waals surface area contributed by atoms with Gasteiger partial charge in [0, 0.05) is 6.92 Å². The molecule has 1 atom stereocenters. The molecule has 0 saturated heterocycles. The average molecular weight is 331 g/mol. The van der Waals surface area contributed by atoms with Crippen LogP contribution < -0.4 is 0 Å². The summed E-state index contributed by atoms with van der Waals surface area (Å²) in [5.74, 6) is -0.211. The van der Waals surface area contributed by atoms with E-state index in [9.17, 15) is 4.79 Å². The highest BCUT2D eigenvalue weighted by molar-refractivity contribution is 5.65. The molecular formula is C20H42O3. The Kier molecular flexibility index (Phi) is 13.7. The molecule has 3 heteroatoms. The molecule has 0 bridgehead atoms. The molecule has 0 aliphatic rings. The van der Waals surface area contributed by atoms with Gasteiger partial charge in [0.15, 0.2) is 0 Å². The van der Waals surface area contributed by atoms with Crippen LogP contribution in [0.1, 0.15) is 94.4 Å². The summed E-state index contributed by atoms with van der Waals surface area (Å²) < 4.78 is 10.6. The number of hydrogen-bond acceptors (Lipinski definition) is 3. The van der Waals surface area contributed by atoms with Crippen molar-refractivity contribution in [2.75, 3.05) is 13.2 Å². The molecule has 0 aromatic heterocycles. The van der Waals surface area contributed by atoms with Crippen LogP contribution >= 0.6 is 0 Å². The highest BCUT2D eigenvalue weighted by atomic mass is 16.5. The van der Waals surface area contributed by atoms with Crippen molar-refractivity contribution in [2.45, 2.75) is 101 Å². The monoisotopic (exact) mass is 330 g/mol. The number of hydrogen-bond donors (Lipinski definition) is 0. The van der Waals surface area contributed by atoms with Crippen LogP contribution in [0.15, 0.2) is 0 Å². The molecule has 23 heavy (non-hydrogen) atoms. The lowest BCUT2D eigenvalue weighted by Crippen LogP contribution is -2.32. The lowest BCUT2D eigenvalue weighted by atomic mass is 9.85. The molecule has 0 aliphatic heterocycles. The van der Waals surface area contributed by atoms with Gasteiger partial charge in [0.1, 0.15) is 0 Å². The molecule has 3 nitrogen and oxygen atoms in total. The maximum atomic E-state index is 9.82. The van der Waals surface area contributed by atoms with Crippen LogP contribution in [0, 0.1) is 10.8 Å². The highest BCUT2D eigenvalue weighted by Gasteiger charge is 2.26. The summed E-state index contributed by atoms with van der Waals surface area (Å²) in [5.41, 5.74) is 0.532. The number of rotatable bonds is 8. The largest absolute Gasteiger partial charge is 0.466 e. The topological polar surface area (TPSA) is 35.5 Å². The molecule has 1 unspecified atom stereocenters. The van der Waals surface area contributed by atoms with Crippen LogP contribution in [0.2, 0.25) is 0 Å². The van der Waals surface area contributed by atoms with E-state index in [1.807, 2.05) is 0 Å². The standard InChI is InChI=1S/C16H34O.C4H8O2/c1-8-9-10-11-12-14(16(5,6)7)17-13-15(2,3)4;1-3-6-4(2)5/h14H,8-13H2,1-7H3;3H2,1-2H3. The molecule has 0 aliphatic carbocycles.